The summed E-state index contributed by atoms with van der Waals surface area (Å²) in [4.78, 5) is 0. The van der Waals surface area contributed by atoms with E-state index in [1.807, 2.05) is 18.2 Å². The molecule has 0 fully saturated rings. The Hall–Kier alpha value is -0.600. The summed E-state index contributed by atoms with van der Waals surface area (Å²) >= 11 is 0. The van der Waals surface area contributed by atoms with Crippen LogP contribution in [-0.2, 0) is 0 Å². The normalized spacial score (nSPS) is 36.1. The van der Waals surface area contributed by atoms with Crippen LogP contribution in [0.15, 0.2) is 24.3 Å². The SMILES string of the molecule is CCNC1(C)C=CC=CC1N. The number of hydrogen-bond donors (Lipinski definition) is 2. The summed E-state index contributed by atoms with van der Waals surface area (Å²) in [6.45, 7) is 5.15. The number of rotatable bonds is 2. The maximum Gasteiger partial charge on any atom is 0.0528 e. The molecule has 0 amide bonds. The summed E-state index contributed by atoms with van der Waals surface area (Å²) < 4.78 is 0. The predicted octanol–water partition coefficient (Wildman–Crippen LogP) is 0.808. The van der Waals surface area contributed by atoms with Gasteiger partial charge in [-0.3, -0.25) is 0 Å². The van der Waals surface area contributed by atoms with Crippen molar-refractivity contribution < 1.29 is 0 Å². The highest BCUT2D eigenvalue weighted by molar-refractivity contribution is 5.25. The van der Waals surface area contributed by atoms with Gasteiger partial charge in [-0.2, -0.15) is 0 Å². The standard InChI is InChI=1S/C9H16N2/c1-3-11-9(2)7-5-4-6-8(9)10/h4-8,11H,3,10H2,1-2H3. The third-order valence-corrected chi connectivity index (χ3v) is 2.12. The lowest BCUT2D eigenvalue weighted by atomic mass is 9.89. The fourth-order valence-electron chi connectivity index (χ4n) is 1.31. The average Bonchev–Trinajstić information content (AvgIpc) is 1.96. The van der Waals surface area contributed by atoms with Gasteiger partial charge in [-0.25, -0.2) is 0 Å². The molecule has 0 saturated carbocycles. The topological polar surface area (TPSA) is 38.0 Å². The first-order valence-corrected chi connectivity index (χ1v) is 4.05. The Morgan fingerprint density at radius 2 is 2.27 bits per heavy atom. The monoisotopic (exact) mass is 152 g/mol. The van der Waals surface area contributed by atoms with Gasteiger partial charge in [0, 0.05) is 6.04 Å². The molecule has 0 spiro atoms. The van der Waals surface area contributed by atoms with E-state index in [1.165, 1.54) is 0 Å². The van der Waals surface area contributed by atoms with E-state index in [2.05, 4.69) is 25.2 Å². The summed E-state index contributed by atoms with van der Waals surface area (Å²) in [5.41, 5.74) is 5.85. The molecule has 0 saturated heterocycles. The largest absolute Gasteiger partial charge is 0.323 e. The molecule has 11 heavy (non-hydrogen) atoms. The van der Waals surface area contributed by atoms with Gasteiger partial charge in [-0.15, -0.1) is 0 Å². The Morgan fingerprint density at radius 1 is 1.55 bits per heavy atom. The van der Waals surface area contributed by atoms with Crippen LogP contribution in [0.3, 0.4) is 0 Å². The van der Waals surface area contributed by atoms with E-state index in [9.17, 15) is 0 Å². The van der Waals surface area contributed by atoms with Gasteiger partial charge in [0.2, 0.25) is 0 Å². The van der Waals surface area contributed by atoms with Crippen molar-refractivity contribution >= 4 is 0 Å². The Kier molecular flexibility index (Phi) is 2.47. The Labute approximate surface area is 68.2 Å². The van der Waals surface area contributed by atoms with Gasteiger partial charge in [0.15, 0.2) is 0 Å². The third-order valence-electron chi connectivity index (χ3n) is 2.12. The molecule has 1 aliphatic rings. The smallest absolute Gasteiger partial charge is 0.0528 e. The van der Waals surface area contributed by atoms with Crippen LogP contribution < -0.4 is 11.1 Å². The molecule has 0 bridgehead atoms. The van der Waals surface area contributed by atoms with Crippen molar-refractivity contribution in [3.63, 3.8) is 0 Å². The molecule has 1 rings (SSSR count). The lowest BCUT2D eigenvalue weighted by Gasteiger charge is -2.33. The first-order chi connectivity index (χ1) is 5.19. The van der Waals surface area contributed by atoms with Crippen LogP contribution in [0.25, 0.3) is 0 Å². The van der Waals surface area contributed by atoms with Gasteiger partial charge in [-0.05, 0) is 13.5 Å². The van der Waals surface area contributed by atoms with Gasteiger partial charge in [-0.1, -0.05) is 31.2 Å². The zero-order chi connectivity index (χ0) is 8.32. The highest BCUT2D eigenvalue weighted by Gasteiger charge is 2.26. The number of hydrogen-bond acceptors (Lipinski definition) is 2. The zero-order valence-electron chi connectivity index (χ0n) is 7.17. The molecule has 0 aromatic rings. The molecule has 2 atom stereocenters. The zero-order valence-corrected chi connectivity index (χ0v) is 7.17. The summed E-state index contributed by atoms with van der Waals surface area (Å²) in [6, 6.07) is 0.0902. The molecular formula is C9H16N2. The number of nitrogens with one attached hydrogen (secondary N) is 1. The second-order valence-electron chi connectivity index (χ2n) is 3.08. The van der Waals surface area contributed by atoms with Crippen molar-refractivity contribution in [1.29, 1.82) is 0 Å². The molecule has 2 heteroatoms. The van der Waals surface area contributed by atoms with Crippen LogP contribution in [0.2, 0.25) is 0 Å². The second kappa shape index (κ2) is 3.20. The molecule has 1 aliphatic carbocycles. The Morgan fingerprint density at radius 3 is 2.82 bits per heavy atom. The van der Waals surface area contributed by atoms with Gasteiger partial charge in [0.05, 0.1) is 5.54 Å². The van der Waals surface area contributed by atoms with E-state index >= 15 is 0 Å². The summed E-state index contributed by atoms with van der Waals surface area (Å²) in [5, 5.41) is 3.35. The fraction of sp³-hybridized carbons (Fsp3) is 0.556. The van der Waals surface area contributed by atoms with E-state index in [1.54, 1.807) is 0 Å². The molecule has 2 nitrogen and oxygen atoms in total. The maximum atomic E-state index is 5.90. The second-order valence-corrected chi connectivity index (χ2v) is 3.08. The van der Waals surface area contributed by atoms with E-state index in [4.69, 9.17) is 5.73 Å². The quantitative estimate of drug-likeness (QED) is 0.614. The molecule has 0 aromatic heterocycles. The van der Waals surface area contributed by atoms with Crippen LogP contribution in [0.4, 0.5) is 0 Å². The number of allylic oxidation sites excluding steroid dienone is 2. The van der Waals surface area contributed by atoms with Gasteiger partial charge < -0.3 is 11.1 Å². The van der Waals surface area contributed by atoms with E-state index in [0.29, 0.717) is 0 Å². The third kappa shape index (κ3) is 1.70. The highest BCUT2D eigenvalue weighted by atomic mass is 15.0. The molecule has 2 unspecified atom stereocenters. The predicted molar refractivity (Wildman–Crippen MR) is 48.3 cm³/mol. The summed E-state index contributed by atoms with van der Waals surface area (Å²) in [7, 11) is 0. The summed E-state index contributed by atoms with van der Waals surface area (Å²) in [5.74, 6) is 0. The molecule has 0 heterocycles. The molecule has 3 N–H and O–H groups in total. The Balaban J connectivity index is 2.68. The van der Waals surface area contributed by atoms with E-state index in [-0.39, 0.29) is 11.6 Å². The minimum atomic E-state index is -0.0521. The van der Waals surface area contributed by atoms with Crippen LogP contribution in [0, 0.1) is 0 Å². The highest BCUT2D eigenvalue weighted by Crippen LogP contribution is 2.15. The number of nitrogens with two attached hydrogens (primary N) is 1. The van der Waals surface area contributed by atoms with Gasteiger partial charge in [0.1, 0.15) is 0 Å². The van der Waals surface area contributed by atoms with Crippen molar-refractivity contribution in [2.45, 2.75) is 25.4 Å². The fourth-order valence-corrected chi connectivity index (χ4v) is 1.31. The lowest BCUT2D eigenvalue weighted by Crippen LogP contribution is -2.54. The van der Waals surface area contributed by atoms with E-state index < -0.39 is 0 Å². The van der Waals surface area contributed by atoms with Crippen molar-refractivity contribution in [3.8, 4) is 0 Å². The van der Waals surface area contributed by atoms with Crippen LogP contribution in [0.1, 0.15) is 13.8 Å². The molecule has 62 valence electrons. The average molecular weight is 152 g/mol. The van der Waals surface area contributed by atoms with Gasteiger partial charge in [0.25, 0.3) is 0 Å². The van der Waals surface area contributed by atoms with Crippen molar-refractivity contribution in [1.82, 2.24) is 5.32 Å². The van der Waals surface area contributed by atoms with Crippen LogP contribution in [0.5, 0.6) is 0 Å². The number of likely N-dealkylation sites (N-methyl/N-ethyl adjacent to an activating group) is 1. The minimum Gasteiger partial charge on any atom is -0.323 e. The first-order valence-electron chi connectivity index (χ1n) is 4.05. The van der Waals surface area contributed by atoms with E-state index in [0.717, 1.165) is 6.54 Å². The minimum absolute atomic E-state index is 0.0521. The summed E-state index contributed by atoms with van der Waals surface area (Å²) in [6.07, 6.45) is 8.15. The maximum absolute atomic E-state index is 5.90. The molecule has 0 aromatic carbocycles. The lowest BCUT2D eigenvalue weighted by molar-refractivity contribution is 0.405. The van der Waals surface area contributed by atoms with Crippen LogP contribution in [-0.4, -0.2) is 18.1 Å². The molecule has 0 aliphatic heterocycles. The first kappa shape index (κ1) is 8.50. The van der Waals surface area contributed by atoms with Gasteiger partial charge >= 0.3 is 0 Å². The molecular weight excluding hydrogens is 136 g/mol. The van der Waals surface area contributed by atoms with Crippen LogP contribution >= 0.6 is 0 Å². The Bertz CT molecular complexity index is 184. The molecule has 0 radical (unpaired) electrons. The van der Waals surface area contributed by atoms with Crippen molar-refractivity contribution in [3.05, 3.63) is 24.3 Å². The van der Waals surface area contributed by atoms with Crippen molar-refractivity contribution in [2.75, 3.05) is 6.54 Å². The van der Waals surface area contributed by atoms with Crippen molar-refractivity contribution in [2.24, 2.45) is 5.73 Å².